The average Bonchev–Trinajstić information content (AvgIpc) is 3.26. The molecule has 0 unspecified atom stereocenters. The summed E-state index contributed by atoms with van der Waals surface area (Å²) in [5.74, 6) is -1.78. The van der Waals surface area contributed by atoms with Gasteiger partial charge in [-0.3, -0.25) is 19.2 Å². The summed E-state index contributed by atoms with van der Waals surface area (Å²) in [5.41, 5.74) is 0.884. The Labute approximate surface area is 172 Å². The molecule has 8 nitrogen and oxygen atoms in total. The average molecular weight is 417 g/mol. The van der Waals surface area contributed by atoms with E-state index in [1.165, 1.54) is 11.3 Å². The zero-order chi connectivity index (χ0) is 21.2. The topological polar surface area (TPSA) is 105 Å². The Bertz CT molecular complexity index is 863. The highest BCUT2D eigenvalue weighted by Crippen LogP contribution is 2.13. The number of benzene rings is 1. The van der Waals surface area contributed by atoms with E-state index in [-0.39, 0.29) is 18.4 Å². The summed E-state index contributed by atoms with van der Waals surface area (Å²) in [6.45, 7) is 4.13. The minimum atomic E-state index is -0.726. The molecule has 0 aliphatic heterocycles. The number of carbonyl (C=O) groups is 4. The van der Waals surface area contributed by atoms with Gasteiger partial charge in [0.05, 0.1) is 4.88 Å². The van der Waals surface area contributed by atoms with Gasteiger partial charge >= 0.3 is 5.97 Å². The third kappa shape index (κ3) is 6.72. The zero-order valence-electron chi connectivity index (χ0n) is 16.3. The first-order valence-electron chi connectivity index (χ1n) is 9.11. The predicted octanol–water partition coefficient (Wildman–Crippen LogP) is 2.14. The van der Waals surface area contributed by atoms with E-state index in [2.05, 4.69) is 10.6 Å². The van der Waals surface area contributed by atoms with E-state index in [1.54, 1.807) is 46.7 Å². The van der Waals surface area contributed by atoms with Crippen LogP contribution in [-0.4, -0.2) is 54.8 Å². The predicted molar refractivity (Wildman–Crippen MR) is 110 cm³/mol. The van der Waals surface area contributed by atoms with Crippen molar-refractivity contribution in [3.05, 3.63) is 52.2 Å². The highest BCUT2D eigenvalue weighted by atomic mass is 32.1. The van der Waals surface area contributed by atoms with E-state index < -0.39 is 18.5 Å². The monoisotopic (exact) mass is 417 g/mol. The van der Waals surface area contributed by atoms with E-state index in [0.29, 0.717) is 29.2 Å². The van der Waals surface area contributed by atoms with Gasteiger partial charge in [-0.05, 0) is 43.5 Å². The van der Waals surface area contributed by atoms with Gasteiger partial charge in [0.1, 0.15) is 6.54 Å². The molecule has 1 aromatic heterocycles. The molecule has 3 amide bonds. The van der Waals surface area contributed by atoms with Crippen LogP contribution >= 0.6 is 11.3 Å². The third-order valence-electron chi connectivity index (χ3n) is 3.95. The second-order valence-electron chi connectivity index (χ2n) is 5.93. The van der Waals surface area contributed by atoms with Crippen molar-refractivity contribution in [2.24, 2.45) is 0 Å². The number of nitrogens with zero attached hydrogens (tertiary/aromatic N) is 1. The number of rotatable bonds is 9. The lowest BCUT2D eigenvalue weighted by atomic mass is 10.1. The van der Waals surface area contributed by atoms with Gasteiger partial charge in [-0.25, -0.2) is 0 Å². The SMILES string of the molecule is CCN(CC)C(=O)c1cccc(NC(=O)COC(=O)CNC(=O)c2cccs2)c1. The molecule has 0 saturated carbocycles. The summed E-state index contributed by atoms with van der Waals surface area (Å²) in [5, 5.41) is 6.76. The maximum atomic E-state index is 12.4. The first-order chi connectivity index (χ1) is 13.9. The Morgan fingerprint density at radius 2 is 1.83 bits per heavy atom. The van der Waals surface area contributed by atoms with Crippen LogP contribution in [0.1, 0.15) is 33.9 Å². The molecule has 2 rings (SSSR count). The molecular weight excluding hydrogens is 394 g/mol. The van der Waals surface area contributed by atoms with Crippen molar-refractivity contribution in [1.82, 2.24) is 10.2 Å². The van der Waals surface area contributed by atoms with E-state index in [4.69, 9.17) is 4.74 Å². The minimum absolute atomic E-state index is 0.126. The van der Waals surface area contributed by atoms with Gasteiger partial charge in [0.15, 0.2) is 6.61 Å². The number of esters is 1. The Kier molecular flexibility index (Phi) is 8.35. The van der Waals surface area contributed by atoms with Gasteiger partial charge in [-0.15, -0.1) is 11.3 Å². The summed E-state index contributed by atoms with van der Waals surface area (Å²) < 4.78 is 4.86. The summed E-state index contributed by atoms with van der Waals surface area (Å²) in [6.07, 6.45) is 0. The molecule has 0 fully saturated rings. The second kappa shape index (κ2) is 11.0. The summed E-state index contributed by atoms with van der Waals surface area (Å²) in [6, 6.07) is 9.91. The molecule has 0 saturated heterocycles. The van der Waals surface area contributed by atoms with Gasteiger partial charge in [0, 0.05) is 24.3 Å². The van der Waals surface area contributed by atoms with Crippen molar-refractivity contribution in [3.63, 3.8) is 0 Å². The highest BCUT2D eigenvalue weighted by molar-refractivity contribution is 7.12. The van der Waals surface area contributed by atoms with Crippen LogP contribution in [0, 0.1) is 0 Å². The van der Waals surface area contributed by atoms with Gasteiger partial charge in [0.25, 0.3) is 17.7 Å². The first kappa shape index (κ1) is 22.1. The number of hydrogen-bond acceptors (Lipinski definition) is 6. The number of nitrogens with one attached hydrogen (secondary N) is 2. The van der Waals surface area contributed by atoms with Gasteiger partial charge in [0.2, 0.25) is 0 Å². The van der Waals surface area contributed by atoms with E-state index in [0.717, 1.165) is 0 Å². The largest absolute Gasteiger partial charge is 0.454 e. The number of hydrogen-bond donors (Lipinski definition) is 2. The second-order valence-corrected chi connectivity index (χ2v) is 6.87. The molecule has 2 aromatic rings. The van der Waals surface area contributed by atoms with Crippen molar-refractivity contribution < 1.29 is 23.9 Å². The number of anilines is 1. The number of thiophene rings is 1. The summed E-state index contributed by atoms with van der Waals surface area (Å²) in [4.78, 5) is 50.0. The Morgan fingerprint density at radius 3 is 2.48 bits per heavy atom. The van der Waals surface area contributed by atoms with Gasteiger partial charge < -0.3 is 20.3 Å². The molecule has 154 valence electrons. The maximum absolute atomic E-state index is 12.4. The van der Waals surface area contributed by atoms with Crippen LogP contribution < -0.4 is 10.6 Å². The quantitative estimate of drug-likeness (QED) is 0.608. The summed E-state index contributed by atoms with van der Waals surface area (Å²) >= 11 is 1.25. The fraction of sp³-hybridized carbons (Fsp3) is 0.300. The lowest BCUT2D eigenvalue weighted by molar-refractivity contribution is -0.146. The third-order valence-corrected chi connectivity index (χ3v) is 4.82. The molecule has 1 aromatic carbocycles. The van der Waals surface area contributed by atoms with Crippen LogP contribution in [0.4, 0.5) is 5.69 Å². The molecule has 0 bridgehead atoms. The van der Waals surface area contributed by atoms with Crippen LogP contribution in [0.25, 0.3) is 0 Å². The van der Waals surface area contributed by atoms with Gasteiger partial charge in [-0.2, -0.15) is 0 Å². The van der Waals surface area contributed by atoms with E-state index >= 15 is 0 Å². The smallest absolute Gasteiger partial charge is 0.325 e. The van der Waals surface area contributed by atoms with Crippen molar-refractivity contribution in [3.8, 4) is 0 Å². The lowest BCUT2D eigenvalue weighted by Crippen LogP contribution is -2.32. The minimum Gasteiger partial charge on any atom is -0.454 e. The van der Waals surface area contributed by atoms with Crippen molar-refractivity contribution >= 4 is 40.7 Å². The molecule has 2 N–H and O–H groups in total. The Hall–Kier alpha value is -3.20. The highest BCUT2D eigenvalue weighted by Gasteiger charge is 2.14. The van der Waals surface area contributed by atoms with Crippen molar-refractivity contribution in [2.45, 2.75) is 13.8 Å². The fourth-order valence-electron chi connectivity index (χ4n) is 2.46. The molecule has 9 heteroatoms. The number of carbonyl (C=O) groups excluding carboxylic acids is 4. The van der Waals surface area contributed by atoms with Crippen LogP contribution in [0.15, 0.2) is 41.8 Å². The molecule has 0 aliphatic rings. The molecule has 1 heterocycles. The molecule has 0 radical (unpaired) electrons. The van der Waals surface area contributed by atoms with Crippen LogP contribution in [0.3, 0.4) is 0 Å². The fourth-order valence-corrected chi connectivity index (χ4v) is 3.10. The molecule has 29 heavy (non-hydrogen) atoms. The van der Waals surface area contributed by atoms with Crippen LogP contribution in [0.5, 0.6) is 0 Å². The van der Waals surface area contributed by atoms with Crippen molar-refractivity contribution in [1.29, 1.82) is 0 Å². The molecule has 0 aliphatic carbocycles. The van der Waals surface area contributed by atoms with E-state index in [1.807, 2.05) is 13.8 Å². The normalized spacial score (nSPS) is 10.1. The number of ether oxygens (including phenoxy) is 1. The first-order valence-corrected chi connectivity index (χ1v) is 9.99. The maximum Gasteiger partial charge on any atom is 0.325 e. The van der Waals surface area contributed by atoms with E-state index in [9.17, 15) is 19.2 Å². The summed E-state index contributed by atoms with van der Waals surface area (Å²) in [7, 11) is 0. The molecule has 0 atom stereocenters. The molecule has 0 spiro atoms. The number of amides is 3. The zero-order valence-corrected chi connectivity index (χ0v) is 17.1. The Balaban J connectivity index is 1.80. The van der Waals surface area contributed by atoms with Crippen LogP contribution in [-0.2, 0) is 14.3 Å². The standard InChI is InChI=1S/C20H23N3O5S/c1-3-23(4-2)20(27)14-7-5-8-15(11-14)22-17(24)13-28-18(25)12-21-19(26)16-9-6-10-29-16/h5-11H,3-4,12-13H2,1-2H3,(H,21,26)(H,22,24). The van der Waals surface area contributed by atoms with Gasteiger partial charge in [-0.1, -0.05) is 12.1 Å². The lowest BCUT2D eigenvalue weighted by Gasteiger charge is -2.19. The Morgan fingerprint density at radius 1 is 1.07 bits per heavy atom. The van der Waals surface area contributed by atoms with Crippen LogP contribution in [0.2, 0.25) is 0 Å². The van der Waals surface area contributed by atoms with Crippen molar-refractivity contribution in [2.75, 3.05) is 31.6 Å². The molecular formula is C20H23N3O5S.